The first-order chi connectivity index (χ1) is 11.7. The summed E-state index contributed by atoms with van der Waals surface area (Å²) in [6.45, 7) is 7.87. The normalized spacial score (nSPS) is 17.7. The molecule has 2 aromatic rings. The fourth-order valence-electron chi connectivity index (χ4n) is 3.20. The van der Waals surface area contributed by atoms with E-state index < -0.39 is 0 Å². The van der Waals surface area contributed by atoms with Crippen LogP contribution in [0.4, 0.5) is 0 Å². The molecule has 1 N–H and O–H groups in total. The van der Waals surface area contributed by atoms with Gasteiger partial charge in [-0.25, -0.2) is 0 Å². The Morgan fingerprint density at radius 1 is 1.21 bits per heavy atom. The third-order valence-electron chi connectivity index (χ3n) is 4.65. The summed E-state index contributed by atoms with van der Waals surface area (Å²) in [4.78, 5) is 0. The molecule has 1 unspecified atom stereocenters. The summed E-state index contributed by atoms with van der Waals surface area (Å²) in [6.07, 6.45) is 3.80. The maximum atomic E-state index is 6.11. The molecule has 0 aliphatic carbocycles. The molecule has 130 valence electrons. The maximum Gasteiger partial charge on any atom is 0.124 e. The minimum absolute atomic E-state index is 0.366. The number of benzene rings is 2. The minimum Gasteiger partial charge on any atom is -0.493 e. The third kappa shape index (κ3) is 4.49. The standard InChI is InChI=1S/C21H29NO2/c1-16(2)11-13-24-21-10-9-17-6-3-4-8-19(17)20(21)15-22-14-18-7-5-12-23-18/h3-4,6,8-10,16,18,22H,5,7,11-15H2,1-2H3. The van der Waals surface area contributed by atoms with Gasteiger partial charge in [0.1, 0.15) is 5.75 Å². The molecule has 24 heavy (non-hydrogen) atoms. The first-order valence-corrected chi connectivity index (χ1v) is 9.20. The number of ether oxygens (including phenoxy) is 2. The van der Waals surface area contributed by atoms with Crippen molar-refractivity contribution in [2.45, 2.75) is 45.8 Å². The van der Waals surface area contributed by atoms with E-state index in [-0.39, 0.29) is 0 Å². The molecule has 1 fully saturated rings. The smallest absolute Gasteiger partial charge is 0.124 e. The molecule has 2 aromatic carbocycles. The highest BCUT2D eigenvalue weighted by Crippen LogP contribution is 2.28. The second-order valence-corrected chi connectivity index (χ2v) is 7.06. The van der Waals surface area contributed by atoms with Gasteiger partial charge in [-0.2, -0.15) is 0 Å². The zero-order valence-electron chi connectivity index (χ0n) is 14.9. The van der Waals surface area contributed by atoms with Crippen molar-refractivity contribution in [3.63, 3.8) is 0 Å². The fraction of sp³-hybridized carbons (Fsp3) is 0.524. The second-order valence-electron chi connectivity index (χ2n) is 7.06. The quantitative estimate of drug-likeness (QED) is 0.772. The molecule has 3 heteroatoms. The Morgan fingerprint density at radius 2 is 2.08 bits per heavy atom. The fourth-order valence-corrected chi connectivity index (χ4v) is 3.20. The lowest BCUT2D eigenvalue weighted by atomic mass is 10.0. The Morgan fingerprint density at radius 3 is 2.88 bits per heavy atom. The predicted molar refractivity (Wildman–Crippen MR) is 99.6 cm³/mol. The predicted octanol–water partition coefficient (Wildman–Crippen LogP) is 4.53. The molecule has 3 rings (SSSR count). The zero-order chi connectivity index (χ0) is 16.8. The Hall–Kier alpha value is -1.58. The number of fused-ring (bicyclic) bond motifs is 1. The Bertz CT molecular complexity index is 647. The molecule has 1 aliphatic heterocycles. The van der Waals surface area contributed by atoms with Crippen LogP contribution in [0, 0.1) is 5.92 Å². The topological polar surface area (TPSA) is 30.5 Å². The second kappa shape index (κ2) is 8.50. The monoisotopic (exact) mass is 327 g/mol. The van der Waals surface area contributed by atoms with E-state index in [2.05, 4.69) is 55.6 Å². The molecule has 0 spiro atoms. The van der Waals surface area contributed by atoms with Gasteiger partial charge in [-0.15, -0.1) is 0 Å². The Labute approximate surface area is 145 Å². The van der Waals surface area contributed by atoms with E-state index in [4.69, 9.17) is 9.47 Å². The van der Waals surface area contributed by atoms with Crippen LogP contribution in [-0.2, 0) is 11.3 Å². The maximum absolute atomic E-state index is 6.11. The van der Waals surface area contributed by atoms with Gasteiger partial charge in [0.2, 0.25) is 0 Å². The summed E-state index contributed by atoms with van der Waals surface area (Å²) >= 11 is 0. The highest BCUT2D eigenvalue weighted by atomic mass is 16.5. The largest absolute Gasteiger partial charge is 0.493 e. The summed E-state index contributed by atoms with van der Waals surface area (Å²) in [5, 5.41) is 6.11. The van der Waals surface area contributed by atoms with Crippen molar-refractivity contribution >= 4 is 10.8 Å². The number of nitrogens with one attached hydrogen (secondary N) is 1. The van der Waals surface area contributed by atoms with Crippen LogP contribution in [0.15, 0.2) is 36.4 Å². The van der Waals surface area contributed by atoms with E-state index in [9.17, 15) is 0 Å². The molecule has 1 saturated heterocycles. The van der Waals surface area contributed by atoms with Crippen LogP contribution < -0.4 is 10.1 Å². The number of rotatable bonds is 8. The molecule has 0 amide bonds. The van der Waals surface area contributed by atoms with Crippen molar-refractivity contribution in [3.8, 4) is 5.75 Å². The van der Waals surface area contributed by atoms with Crippen molar-refractivity contribution in [2.75, 3.05) is 19.8 Å². The van der Waals surface area contributed by atoms with E-state index in [1.165, 1.54) is 29.2 Å². The van der Waals surface area contributed by atoms with Crippen LogP contribution >= 0.6 is 0 Å². The molecular weight excluding hydrogens is 298 g/mol. The van der Waals surface area contributed by atoms with Crippen LogP contribution in [0.3, 0.4) is 0 Å². The molecule has 1 aliphatic rings. The highest BCUT2D eigenvalue weighted by molar-refractivity contribution is 5.87. The Balaban J connectivity index is 1.72. The van der Waals surface area contributed by atoms with Gasteiger partial charge in [0.05, 0.1) is 12.7 Å². The van der Waals surface area contributed by atoms with Gasteiger partial charge in [0.25, 0.3) is 0 Å². The van der Waals surface area contributed by atoms with Gasteiger partial charge in [0.15, 0.2) is 0 Å². The van der Waals surface area contributed by atoms with E-state index in [1.54, 1.807) is 0 Å². The lowest BCUT2D eigenvalue weighted by Gasteiger charge is -2.17. The summed E-state index contributed by atoms with van der Waals surface area (Å²) < 4.78 is 11.8. The first-order valence-electron chi connectivity index (χ1n) is 9.20. The lowest BCUT2D eigenvalue weighted by Crippen LogP contribution is -2.26. The highest BCUT2D eigenvalue weighted by Gasteiger charge is 2.15. The van der Waals surface area contributed by atoms with E-state index in [1.807, 2.05) is 0 Å². The van der Waals surface area contributed by atoms with Crippen molar-refractivity contribution in [1.29, 1.82) is 0 Å². The zero-order valence-corrected chi connectivity index (χ0v) is 14.9. The third-order valence-corrected chi connectivity index (χ3v) is 4.65. The van der Waals surface area contributed by atoms with Crippen molar-refractivity contribution < 1.29 is 9.47 Å². The number of hydrogen-bond donors (Lipinski definition) is 1. The van der Waals surface area contributed by atoms with Gasteiger partial charge >= 0.3 is 0 Å². The van der Waals surface area contributed by atoms with Crippen molar-refractivity contribution in [1.82, 2.24) is 5.32 Å². The first kappa shape index (κ1) is 17.2. The van der Waals surface area contributed by atoms with Gasteiger partial charge in [0, 0.05) is 25.3 Å². The summed E-state index contributed by atoms with van der Waals surface area (Å²) in [7, 11) is 0. The van der Waals surface area contributed by atoms with Gasteiger partial charge in [-0.1, -0.05) is 44.2 Å². The van der Waals surface area contributed by atoms with E-state index in [0.29, 0.717) is 12.0 Å². The van der Waals surface area contributed by atoms with Crippen LogP contribution in [0.2, 0.25) is 0 Å². The molecule has 0 radical (unpaired) electrons. The van der Waals surface area contributed by atoms with E-state index in [0.717, 1.165) is 38.5 Å². The van der Waals surface area contributed by atoms with Gasteiger partial charge < -0.3 is 14.8 Å². The lowest BCUT2D eigenvalue weighted by molar-refractivity contribution is 0.110. The average Bonchev–Trinajstić information content (AvgIpc) is 3.09. The summed E-state index contributed by atoms with van der Waals surface area (Å²) in [5.41, 5.74) is 1.26. The molecule has 0 aromatic heterocycles. The molecule has 1 atom stereocenters. The van der Waals surface area contributed by atoms with Crippen molar-refractivity contribution in [2.24, 2.45) is 5.92 Å². The van der Waals surface area contributed by atoms with Crippen LogP contribution in [-0.4, -0.2) is 25.9 Å². The number of hydrogen-bond acceptors (Lipinski definition) is 3. The molecule has 1 heterocycles. The van der Waals surface area contributed by atoms with E-state index >= 15 is 0 Å². The SMILES string of the molecule is CC(C)CCOc1ccc2ccccc2c1CNCC1CCCO1. The average molecular weight is 327 g/mol. The van der Waals surface area contributed by atoms with Gasteiger partial charge in [-0.05, 0) is 42.0 Å². The van der Waals surface area contributed by atoms with Crippen molar-refractivity contribution in [3.05, 3.63) is 42.0 Å². The molecule has 0 bridgehead atoms. The van der Waals surface area contributed by atoms with Crippen LogP contribution in [0.25, 0.3) is 10.8 Å². The van der Waals surface area contributed by atoms with Gasteiger partial charge in [-0.3, -0.25) is 0 Å². The summed E-state index contributed by atoms with van der Waals surface area (Å²) in [6, 6.07) is 12.8. The molecule has 3 nitrogen and oxygen atoms in total. The minimum atomic E-state index is 0.366. The summed E-state index contributed by atoms with van der Waals surface area (Å²) in [5.74, 6) is 1.67. The molecule has 0 saturated carbocycles. The molecular formula is C21H29NO2. The van der Waals surface area contributed by atoms with Crippen LogP contribution in [0.1, 0.15) is 38.7 Å². The Kier molecular flexibility index (Phi) is 6.11. The van der Waals surface area contributed by atoms with Crippen LogP contribution in [0.5, 0.6) is 5.75 Å².